The summed E-state index contributed by atoms with van der Waals surface area (Å²) in [6.45, 7) is 0. The summed E-state index contributed by atoms with van der Waals surface area (Å²) < 4.78 is 5.17. The number of ether oxygens (including phenoxy) is 1. The summed E-state index contributed by atoms with van der Waals surface area (Å²) in [6.07, 6.45) is 0.119. The van der Waals surface area contributed by atoms with Crippen LogP contribution in [0.5, 0.6) is 5.75 Å². The van der Waals surface area contributed by atoms with Crippen LogP contribution in [-0.2, 0) is 11.2 Å². The van der Waals surface area contributed by atoms with E-state index in [4.69, 9.17) is 33.2 Å². The van der Waals surface area contributed by atoms with Gasteiger partial charge >= 0.3 is 5.97 Å². The van der Waals surface area contributed by atoms with Gasteiger partial charge in [-0.05, 0) is 35.9 Å². The summed E-state index contributed by atoms with van der Waals surface area (Å²) in [5.74, 6) is -0.191. The minimum atomic E-state index is -0.432. The highest BCUT2D eigenvalue weighted by Crippen LogP contribution is 2.25. The molecule has 0 atom stereocenters. The maximum atomic E-state index is 11.8. The standard InChI is InChI=1S/C15H9Cl2NO2/c16-12-4-1-10(2-5-12)8-15(19)20-14-6-3-11(9-18)7-13(14)17/h1-7H,8H2. The van der Waals surface area contributed by atoms with Crippen LogP contribution in [0.3, 0.4) is 0 Å². The van der Waals surface area contributed by atoms with E-state index in [1.165, 1.54) is 18.2 Å². The van der Waals surface area contributed by atoms with Gasteiger partial charge in [0.15, 0.2) is 0 Å². The van der Waals surface area contributed by atoms with Gasteiger partial charge in [0, 0.05) is 5.02 Å². The van der Waals surface area contributed by atoms with Gasteiger partial charge < -0.3 is 4.74 Å². The molecule has 20 heavy (non-hydrogen) atoms. The first-order chi connectivity index (χ1) is 9.58. The molecular weight excluding hydrogens is 297 g/mol. The molecule has 0 bridgehead atoms. The Kier molecular flexibility index (Phi) is 4.62. The number of rotatable bonds is 3. The molecule has 0 spiro atoms. The van der Waals surface area contributed by atoms with Gasteiger partial charge in [0.1, 0.15) is 5.75 Å². The maximum absolute atomic E-state index is 11.8. The topological polar surface area (TPSA) is 50.1 Å². The number of nitriles is 1. The van der Waals surface area contributed by atoms with Crippen molar-refractivity contribution in [3.05, 3.63) is 63.6 Å². The first kappa shape index (κ1) is 14.4. The van der Waals surface area contributed by atoms with Crippen LogP contribution in [0.15, 0.2) is 42.5 Å². The fourth-order valence-electron chi connectivity index (χ4n) is 1.58. The summed E-state index contributed by atoms with van der Waals surface area (Å²) in [7, 11) is 0. The van der Waals surface area contributed by atoms with Gasteiger partial charge in [-0.25, -0.2) is 0 Å². The fraction of sp³-hybridized carbons (Fsp3) is 0.0667. The highest BCUT2D eigenvalue weighted by molar-refractivity contribution is 6.32. The molecule has 3 nitrogen and oxygen atoms in total. The number of halogens is 2. The molecule has 0 saturated carbocycles. The summed E-state index contributed by atoms with van der Waals surface area (Å²) >= 11 is 11.7. The van der Waals surface area contributed by atoms with Crippen molar-refractivity contribution in [3.63, 3.8) is 0 Å². The Bertz CT molecular complexity index is 675. The third-order valence-corrected chi connectivity index (χ3v) is 3.09. The zero-order chi connectivity index (χ0) is 14.5. The molecule has 0 radical (unpaired) electrons. The van der Waals surface area contributed by atoms with E-state index < -0.39 is 5.97 Å². The molecule has 0 heterocycles. The number of esters is 1. The molecule has 2 aromatic carbocycles. The predicted octanol–water partition coefficient (Wildman–Crippen LogP) is 4.01. The van der Waals surface area contributed by atoms with E-state index in [0.29, 0.717) is 10.6 Å². The zero-order valence-corrected chi connectivity index (χ0v) is 11.8. The van der Waals surface area contributed by atoms with E-state index in [9.17, 15) is 4.79 Å². The Morgan fingerprint density at radius 2 is 1.85 bits per heavy atom. The Labute approximate surface area is 126 Å². The van der Waals surface area contributed by atoms with Crippen molar-refractivity contribution < 1.29 is 9.53 Å². The minimum Gasteiger partial charge on any atom is -0.425 e. The molecule has 0 fully saturated rings. The molecule has 2 rings (SSSR count). The number of hydrogen-bond donors (Lipinski definition) is 0. The van der Waals surface area contributed by atoms with Crippen molar-refractivity contribution in [1.82, 2.24) is 0 Å². The number of hydrogen-bond acceptors (Lipinski definition) is 3. The van der Waals surface area contributed by atoms with Crippen molar-refractivity contribution in [1.29, 1.82) is 5.26 Å². The summed E-state index contributed by atoms with van der Waals surface area (Å²) in [6, 6.07) is 13.4. The monoisotopic (exact) mass is 305 g/mol. The van der Waals surface area contributed by atoms with Crippen LogP contribution < -0.4 is 4.74 Å². The fourth-order valence-corrected chi connectivity index (χ4v) is 1.93. The molecule has 0 unspecified atom stereocenters. The van der Waals surface area contributed by atoms with Crippen LogP contribution >= 0.6 is 23.2 Å². The lowest BCUT2D eigenvalue weighted by Gasteiger charge is -2.06. The van der Waals surface area contributed by atoms with Crippen LogP contribution in [0.4, 0.5) is 0 Å². The lowest BCUT2D eigenvalue weighted by atomic mass is 10.1. The third kappa shape index (κ3) is 3.74. The lowest BCUT2D eigenvalue weighted by Crippen LogP contribution is -2.11. The molecule has 0 amide bonds. The molecule has 0 aliphatic carbocycles. The summed E-state index contributed by atoms with van der Waals surface area (Å²) in [5.41, 5.74) is 1.21. The van der Waals surface area contributed by atoms with E-state index in [1.807, 2.05) is 6.07 Å². The van der Waals surface area contributed by atoms with Gasteiger partial charge in [-0.1, -0.05) is 35.3 Å². The second kappa shape index (κ2) is 6.42. The van der Waals surface area contributed by atoms with E-state index in [0.717, 1.165) is 5.56 Å². The predicted molar refractivity (Wildman–Crippen MR) is 77.0 cm³/mol. The number of carbonyl (C=O) groups excluding carboxylic acids is 1. The smallest absolute Gasteiger partial charge is 0.315 e. The lowest BCUT2D eigenvalue weighted by molar-refractivity contribution is -0.133. The van der Waals surface area contributed by atoms with Crippen LogP contribution in [0.1, 0.15) is 11.1 Å². The average Bonchev–Trinajstić information content (AvgIpc) is 2.43. The van der Waals surface area contributed by atoms with Gasteiger partial charge in [-0.3, -0.25) is 4.79 Å². The number of nitrogens with zero attached hydrogens (tertiary/aromatic N) is 1. The van der Waals surface area contributed by atoms with Gasteiger partial charge in [0.05, 0.1) is 23.1 Å². The van der Waals surface area contributed by atoms with E-state index in [1.54, 1.807) is 24.3 Å². The molecule has 0 aliphatic rings. The first-order valence-electron chi connectivity index (χ1n) is 5.73. The molecule has 0 aliphatic heterocycles. The van der Waals surface area contributed by atoms with Crippen LogP contribution in [-0.4, -0.2) is 5.97 Å². The quantitative estimate of drug-likeness (QED) is 0.636. The molecule has 0 aromatic heterocycles. The van der Waals surface area contributed by atoms with Gasteiger partial charge in [-0.15, -0.1) is 0 Å². The average molecular weight is 306 g/mol. The second-order valence-electron chi connectivity index (χ2n) is 4.03. The van der Waals surface area contributed by atoms with Gasteiger partial charge in [0.25, 0.3) is 0 Å². The Morgan fingerprint density at radius 3 is 2.45 bits per heavy atom. The summed E-state index contributed by atoms with van der Waals surface area (Å²) in [4.78, 5) is 11.8. The molecular formula is C15H9Cl2NO2. The molecule has 5 heteroatoms. The van der Waals surface area contributed by atoms with Crippen LogP contribution in [0.25, 0.3) is 0 Å². The molecule has 0 N–H and O–H groups in total. The van der Waals surface area contributed by atoms with Crippen molar-refractivity contribution in [2.75, 3.05) is 0 Å². The van der Waals surface area contributed by atoms with Gasteiger partial charge in [-0.2, -0.15) is 5.26 Å². The third-order valence-electron chi connectivity index (χ3n) is 2.55. The van der Waals surface area contributed by atoms with Crippen LogP contribution in [0, 0.1) is 11.3 Å². The summed E-state index contributed by atoms with van der Waals surface area (Å²) in [5, 5.41) is 9.56. The van der Waals surface area contributed by atoms with Crippen molar-refractivity contribution in [3.8, 4) is 11.8 Å². The highest BCUT2D eigenvalue weighted by Gasteiger charge is 2.10. The van der Waals surface area contributed by atoms with E-state index in [2.05, 4.69) is 0 Å². The largest absolute Gasteiger partial charge is 0.425 e. The van der Waals surface area contributed by atoms with E-state index >= 15 is 0 Å². The zero-order valence-electron chi connectivity index (χ0n) is 10.3. The second-order valence-corrected chi connectivity index (χ2v) is 4.88. The normalized spacial score (nSPS) is 9.85. The first-order valence-corrected chi connectivity index (χ1v) is 6.49. The van der Waals surface area contributed by atoms with Crippen molar-refractivity contribution >= 4 is 29.2 Å². The van der Waals surface area contributed by atoms with Crippen LogP contribution in [0.2, 0.25) is 10.0 Å². The Morgan fingerprint density at radius 1 is 1.15 bits per heavy atom. The number of carbonyl (C=O) groups is 1. The molecule has 0 saturated heterocycles. The highest BCUT2D eigenvalue weighted by atomic mass is 35.5. The molecule has 100 valence electrons. The molecule has 2 aromatic rings. The van der Waals surface area contributed by atoms with E-state index in [-0.39, 0.29) is 17.2 Å². The van der Waals surface area contributed by atoms with Gasteiger partial charge in [0.2, 0.25) is 0 Å². The Balaban J connectivity index is 2.05. The number of benzene rings is 2. The minimum absolute atomic E-state index is 0.119. The van der Waals surface area contributed by atoms with Crippen molar-refractivity contribution in [2.45, 2.75) is 6.42 Å². The maximum Gasteiger partial charge on any atom is 0.315 e. The SMILES string of the molecule is N#Cc1ccc(OC(=O)Cc2ccc(Cl)cc2)c(Cl)c1. The van der Waals surface area contributed by atoms with Crippen molar-refractivity contribution in [2.24, 2.45) is 0 Å². The Hall–Kier alpha value is -2.02.